The van der Waals surface area contributed by atoms with Gasteiger partial charge in [-0.3, -0.25) is 4.90 Å². The molecule has 1 aromatic carbocycles. The maximum atomic E-state index is 12.6. The summed E-state index contributed by atoms with van der Waals surface area (Å²) in [5, 5.41) is 1.99. The van der Waals surface area contributed by atoms with Crippen LogP contribution in [0.25, 0.3) is 10.8 Å². The molecule has 6 nitrogen and oxygen atoms in total. The van der Waals surface area contributed by atoms with Crippen molar-refractivity contribution in [2.45, 2.75) is 12.3 Å². The summed E-state index contributed by atoms with van der Waals surface area (Å²) in [5.41, 5.74) is 1.70. The average molecular weight is 404 g/mol. The van der Waals surface area contributed by atoms with Crippen LogP contribution in [0.3, 0.4) is 0 Å². The first-order chi connectivity index (χ1) is 13.1. The zero-order valence-corrected chi connectivity index (χ0v) is 16.5. The Morgan fingerprint density at radius 1 is 1.04 bits per heavy atom. The Morgan fingerprint density at radius 2 is 1.81 bits per heavy atom. The van der Waals surface area contributed by atoms with Crippen molar-refractivity contribution in [1.82, 2.24) is 14.2 Å². The molecule has 1 fully saturated rings. The predicted molar refractivity (Wildman–Crippen MR) is 106 cm³/mol. The minimum absolute atomic E-state index is 0.0568. The largest absolute Gasteiger partial charge is 0.444 e. The molecule has 4 rings (SSSR count). The van der Waals surface area contributed by atoms with Crippen molar-refractivity contribution in [2.24, 2.45) is 0 Å². The molecule has 8 heteroatoms. The van der Waals surface area contributed by atoms with Gasteiger partial charge in [-0.15, -0.1) is 11.3 Å². The molecule has 0 unspecified atom stereocenters. The van der Waals surface area contributed by atoms with Gasteiger partial charge >= 0.3 is 0 Å². The Bertz CT molecular complexity index is 961. The molecule has 0 radical (unpaired) electrons. The molecule has 142 valence electrons. The Morgan fingerprint density at radius 3 is 2.52 bits per heavy atom. The van der Waals surface area contributed by atoms with E-state index in [1.54, 1.807) is 21.9 Å². The summed E-state index contributed by atoms with van der Waals surface area (Å²) in [7, 11) is -3.28. The lowest BCUT2D eigenvalue weighted by Crippen LogP contribution is -2.48. The van der Waals surface area contributed by atoms with Gasteiger partial charge in [0.25, 0.3) is 0 Å². The highest BCUT2D eigenvalue weighted by Gasteiger charge is 2.27. The Balaban J connectivity index is 1.32. The molecule has 0 bridgehead atoms. The number of piperazine rings is 1. The fourth-order valence-corrected chi connectivity index (χ4v) is 5.34. The van der Waals surface area contributed by atoms with Gasteiger partial charge in [0.2, 0.25) is 15.9 Å². The van der Waals surface area contributed by atoms with Crippen molar-refractivity contribution in [3.63, 3.8) is 0 Å². The highest BCUT2D eigenvalue weighted by Crippen LogP contribution is 2.24. The van der Waals surface area contributed by atoms with Crippen LogP contribution in [0.5, 0.6) is 0 Å². The molecular weight excluding hydrogens is 382 g/mol. The van der Waals surface area contributed by atoms with E-state index >= 15 is 0 Å². The van der Waals surface area contributed by atoms with Crippen LogP contribution in [0.1, 0.15) is 11.3 Å². The number of sulfonamides is 1. The number of nitrogens with zero attached hydrogens (tertiary/aromatic N) is 3. The summed E-state index contributed by atoms with van der Waals surface area (Å²) in [6.07, 6.45) is 1.69. The van der Waals surface area contributed by atoms with Crippen molar-refractivity contribution in [3.8, 4) is 10.8 Å². The second-order valence-corrected chi connectivity index (χ2v) is 9.45. The summed E-state index contributed by atoms with van der Waals surface area (Å²) in [4.78, 5) is 7.77. The van der Waals surface area contributed by atoms with Crippen molar-refractivity contribution in [1.29, 1.82) is 0 Å². The Kier molecular flexibility index (Phi) is 5.40. The molecule has 1 saturated heterocycles. The molecule has 3 heterocycles. The van der Waals surface area contributed by atoms with E-state index in [0.29, 0.717) is 38.6 Å². The summed E-state index contributed by atoms with van der Waals surface area (Å²) in [5.74, 6) is 0.700. The van der Waals surface area contributed by atoms with E-state index in [4.69, 9.17) is 4.42 Å². The molecule has 3 aromatic rings. The highest BCUT2D eigenvalue weighted by atomic mass is 32.2. The third kappa shape index (κ3) is 4.47. The van der Waals surface area contributed by atoms with E-state index in [-0.39, 0.29) is 5.75 Å². The molecule has 0 aliphatic carbocycles. The van der Waals surface area contributed by atoms with Crippen LogP contribution < -0.4 is 0 Å². The summed E-state index contributed by atoms with van der Waals surface area (Å²) >= 11 is 1.60. The van der Waals surface area contributed by atoms with E-state index in [1.807, 2.05) is 47.8 Å². The fraction of sp³-hybridized carbons (Fsp3) is 0.316. The van der Waals surface area contributed by atoms with Crippen LogP contribution in [-0.2, 0) is 22.3 Å². The van der Waals surface area contributed by atoms with Crippen molar-refractivity contribution in [2.75, 3.05) is 26.2 Å². The lowest BCUT2D eigenvalue weighted by molar-refractivity contribution is 0.180. The Labute approximate surface area is 163 Å². The standard InChI is InChI=1S/C19H21N3O3S2/c23-27(24,15-16-5-2-1-3-6-16)22-10-8-21(9-11-22)13-17-14-25-19(20-17)18-7-4-12-26-18/h1-7,12,14H,8-11,13,15H2. The van der Waals surface area contributed by atoms with Crippen LogP contribution in [0.4, 0.5) is 0 Å². The quantitative estimate of drug-likeness (QED) is 0.633. The third-order valence-corrected chi connectivity index (χ3v) is 7.29. The minimum atomic E-state index is -3.28. The van der Waals surface area contributed by atoms with E-state index in [2.05, 4.69) is 9.88 Å². The maximum absolute atomic E-state index is 12.6. The van der Waals surface area contributed by atoms with Gasteiger partial charge in [-0.1, -0.05) is 36.4 Å². The molecule has 0 atom stereocenters. The summed E-state index contributed by atoms with van der Waals surface area (Å²) < 4.78 is 32.4. The fourth-order valence-electron chi connectivity index (χ4n) is 3.16. The molecular formula is C19H21N3O3S2. The van der Waals surface area contributed by atoms with E-state index < -0.39 is 10.0 Å². The van der Waals surface area contributed by atoms with Gasteiger partial charge in [0.15, 0.2) is 0 Å². The lowest BCUT2D eigenvalue weighted by atomic mass is 10.2. The minimum Gasteiger partial charge on any atom is -0.444 e. The molecule has 0 saturated carbocycles. The SMILES string of the molecule is O=S(=O)(Cc1ccccc1)N1CCN(Cc2coc(-c3cccs3)n2)CC1. The van der Waals surface area contributed by atoms with E-state index in [0.717, 1.165) is 16.1 Å². The van der Waals surface area contributed by atoms with Crippen LogP contribution in [0.15, 0.2) is 58.5 Å². The van der Waals surface area contributed by atoms with E-state index in [1.165, 1.54) is 0 Å². The number of aromatic nitrogens is 1. The smallest absolute Gasteiger partial charge is 0.236 e. The lowest BCUT2D eigenvalue weighted by Gasteiger charge is -2.33. The monoisotopic (exact) mass is 403 g/mol. The average Bonchev–Trinajstić information content (AvgIpc) is 3.34. The van der Waals surface area contributed by atoms with Crippen molar-refractivity contribution < 1.29 is 12.8 Å². The number of rotatable bonds is 6. The molecule has 0 amide bonds. The zero-order valence-electron chi connectivity index (χ0n) is 14.8. The first-order valence-electron chi connectivity index (χ1n) is 8.82. The second kappa shape index (κ2) is 7.93. The first kappa shape index (κ1) is 18.4. The number of hydrogen-bond acceptors (Lipinski definition) is 6. The molecule has 0 N–H and O–H groups in total. The first-order valence-corrected chi connectivity index (χ1v) is 11.3. The number of oxazole rings is 1. The predicted octanol–water partition coefficient (Wildman–Crippen LogP) is 3.05. The van der Waals surface area contributed by atoms with Gasteiger partial charge in [0.1, 0.15) is 6.26 Å². The molecule has 1 aliphatic heterocycles. The topological polar surface area (TPSA) is 66.7 Å². The third-order valence-electron chi connectivity index (χ3n) is 4.59. The Hall–Kier alpha value is -2.00. The van der Waals surface area contributed by atoms with Crippen LogP contribution in [0, 0.1) is 0 Å². The van der Waals surface area contributed by atoms with Crippen LogP contribution in [0.2, 0.25) is 0 Å². The molecule has 0 spiro atoms. The van der Waals surface area contributed by atoms with E-state index in [9.17, 15) is 8.42 Å². The van der Waals surface area contributed by atoms with Gasteiger partial charge in [-0.2, -0.15) is 4.31 Å². The van der Waals surface area contributed by atoms with Gasteiger partial charge in [0, 0.05) is 32.7 Å². The molecule has 1 aliphatic rings. The van der Waals surface area contributed by atoms with Crippen molar-refractivity contribution >= 4 is 21.4 Å². The number of thiophene rings is 1. The van der Waals surface area contributed by atoms with Crippen LogP contribution >= 0.6 is 11.3 Å². The normalized spacial score (nSPS) is 16.6. The highest BCUT2D eigenvalue weighted by molar-refractivity contribution is 7.88. The summed E-state index contributed by atoms with van der Waals surface area (Å²) in [6, 6.07) is 13.3. The van der Waals surface area contributed by atoms with Gasteiger partial charge < -0.3 is 4.42 Å². The zero-order chi connectivity index (χ0) is 18.7. The maximum Gasteiger partial charge on any atom is 0.236 e. The van der Waals surface area contributed by atoms with Gasteiger partial charge in [-0.05, 0) is 17.0 Å². The molecule has 27 heavy (non-hydrogen) atoms. The number of hydrogen-bond donors (Lipinski definition) is 0. The van der Waals surface area contributed by atoms with Gasteiger partial charge in [-0.25, -0.2) is 13.4 Å². The number of benzene rings is 1. The second-order valence-electron chi connectivity index (χ2n) is 6.54. The van der Waals surface area contributed by atoms with Crippen molar-refractivity contribution in [3.05, 3.63) is 65.4 Å². The molecule has 2 aromatic heterocycles. The van der Waals surface area contributed by atoms with Gasteiger partial charge in [0.05, 0.1) is 16.3 Å². The van der Waals surface area contributed by atoms with Crippen LogP contribution in [-0.4, -0.2) is 48.8 Å². The summed E-state index contributed by atoms with van der Waals surface area (Å²) in [6.45, 7) is 3.06.